The minimum absolute atomic E-state index is 0.289. The summed E-state index contributed by atoms with van der Waals surface area (Å²) in [7, 11) is 3.15. The SMILES string of the molecule is COc1ccc(-c2nc(C(C)Cl)no2)cc1OC. The van der Waals surface area contributed by atoms with E-state index in [2.05, 4.69) is 10.1 Å². The Bertz CT molecular complexity index is 540. The van der Waals surface area contributed by atoms with Crippen LogP contribution in [0.15, 0.2) is 22.7 Å². The number of rotatable bonds is 4. The molecule has 0 saturated heterocycles. The van der Waals surface area contributed by atoms with Crippen LogP contribution in [0.5, 0.6) is 11.5 Å². The predicted molar refractivity (Wildman–Crippen MR) is 67.1 cm³/mol. The summed E-state index contributed by atoms with van der Waals surface area (Å²) >= 11 is 5.88. The van der Waals surface area contributed by atoms with Gasteiger partial charge >= 0.3 is 0 Å². The molecule has 0 saturated carbocycles. The first kappa shape index (κ1) is 12.7. The third-order valence-corrected chi connectivity index (χ3v) is 2.62. The van der Waals surface area contributed by atoms with Gasteiger partial charge in [-0.2, -0.15) is 4.98 Å². The fourth-order valence-corrected chi connectivity index (χ4v) is 1.57. The molecular formula is C12H13ClN2O3. The van der Waals surface area contributed by atoms with E-state index in [9.17, 15) is 0 Å². The molecule has 0 aliphatic heterocycles. The minimum atomic E-state index is -0.289. The standard InChI is InChI=1S/C12H13ClN2O3/c1-7(13)11-14-12(18-15-11)8-4-5-9(16-2)10(6-8)17-3/h4-7H,1-3H3. The highest BCUT2D eigenvalue weighted by molar-refractivity contribution is 6.20. The van der Waals surface area contributed by atoms with Gasteiger partial charge in [0, 0.05) is 5.56 Å². The van der Waals surface area contributed by atoms with Gasteiger partial charge in [0.05, 0.1) is 19.6 Å². The van der Waals surface area contributed by atoms with E-state index in [1.54, 1.807) is 33.3 Å². The van der Waals surface area contributed by atoms with Crippen molar-refractivity contribution >= 4 is 11.6 Å². The molecule has 1 unspecified atom stereocenters. The van der Waals surface area contributed by atoms with Gasteiger partial charge in [0.2, 0.25) is 0 Å². The summed E-state index contributed by atoms with van der Waals surface area (Å²) in [5, 5.41) is 3.51. The molecule has 2 rings (SSSR count). The lowest BCUT2D eigenvalue weighted by molar-refractivity contribution is 0.355. The first-order valence-corrected chi connectivity index (χ1v) is 5.79. The average Bonchev–Trinajstić information content (AvgIpc) is 2.87. The second kappa shape index (κ2) is 5.27. The Hall–Kier alpha value is -1.75. The molecule has 6 heteroatoms. The van der Waals surface area contributed by atoms with E-state index in [-0.39, 0.29) is 5.38 Å². The molecule has 0 N–H and O–H groups in total. The van der Waals surface area contributed by atoms with Gasteiger partial charge in [-0.05, 0) is 25.1 Å². The smallest absolute Gasteiger partial charge is 0.258 e. The van der Waals surface area contributed by atoms with Crippen LogP contribution in [0, 0.1) is 0 Å². The quantitative estimate of drug-likeness (QED) is 0.798. The molecule has 1 aromatic carbocycles. The van der Waals surface area contributed by atoms with Gasteiger partial charge < -0.3 is 14.0 Å². The van der Waals surface area contributed by atoms with Crippen LogP contribution < -0.4 is 9.47 Å². The van der Waals surface area contributed by atoms with Crippen molar-refractivity contribution in [3.8, 4) is 23.0 Å². The van der Waals surface area contributed by atoms with Gasteiger partial charge in [-0.25, -0.2) is 0 Å². The second-order valence-electron chi connectivity index (χ2n) is 3.64. The number of nitrogens with zero attached hydrogens (tertiary/aromatic N) is 2. The average molecular weight is 269 g/mol. The van der Waals surface area contributed by atoms with Crippen molar-refractivity contribution in [2.75, 3.05) is 14.2 Å². The van der Waals surface area contributed by atoms with Crippen LogP contribution in [-0.2, 0) is 0 Å². The van der Waals surface area contributed by atoms with Gasteiger partial charge in [0.1, 0.15) is 0 Å². The van der Waals surface area contributed by atoms with Crippen LogP contribution in [0.1, 0.15) is 18.1 Å². The normalized spacial score (nSPS) is 12.2. The van der Waals surface area contributed by atoms with Crippen LogP contribution in [0.2, 0.25) is 0 Å². The fraction of sp³-hybridized carbons (Fsp3) is 0.333. The van der Waals surface area contributed by atoms with Gasteiger partial charge in [0.25, 0.3) is 5.89 Å². The lowest BCUT2D eigenvalue weighted by atomic mass is 10.2. The molecule has 0 radical (unpaired) electrons. The van der Waals surface area contributed by atoms with Gasteiger partial charge in [-0.1, -0.05) is 5.16 Å². The first-order valence-electron chi connectivity index (χ1n) is 5.35. The Morgan fingerprint density at radius 2 is 1.94 bits per heavy atom. The lowest BCUT2D eigenvalue weighted by Gasteiger charge is -2.07. The third-order valence-electron chi connectivity index (χ3n) is 2.43. The largest absolute Gasteiger partial charge is 0.493 e. The minimum Gasteiger partial charge on any atom is -0.493 e. The molecular weight excluding hydrogens is 256 g/mol. The number of alkyl halides is 1. The summed E-state index contributed by atoms with van der Waals surface area (Å²) in [6, 6.07) is 5.37. The molecule has 0 spiro atoms. The Morgan fingerprint density at radius 3 is 2.50 bits per heavy atom. The number of ether oxygens (including phenoxy) is 2. The van der Waals surface area contributed by atoms with Crippen LogP contribution in [0.4, 0.5) is 0 Å². The molecule has 18 heavy (non-hydrogen) atoms. The lowest BCUT2D eigenvalue weighted by Crippen LogP contribution is -1.91. The van der Waals surface area contributed by atoms with Crippen molar-refractivity contribution in [3.63, 3.8) is 0 Å². The van der Waals surface area contributed by atoms with E-state index >= 15 is 0 Å². The Balaban J connectivity index is 2.38. The monoisotopic (exact) mass is 268 g/mol. The van der Waals surface area contributed by atoms with Gasteiger partial charge in [0.15, 0.2) is 17.3 Å². The zero-order valence-corrected chi connectivity index (χ0v) is 11.1. The Labute approximate surface area is 110 Å². The van der Waals surface area contributed by atoms with E-state index in [1.807, 2.05) is 6.07 Å². The van der Waals surface area contributed by atoms with E-state index in [4.69, 9.17) is 25.6 Å². The van der Waals surface area contributed by atoms with Crippen LogP contribution in [0.25, 0.3) is 11.5 Å². The number of methoxy groups -OCH3 is 2. The highest BCUT2D eigenvalue weighted by atomic mass is 35.5. The zero-order valence-electron chi connectivity index (χ0n) is 10.3. The van der Waals surface area contributed by atoms with Crippen molar-refractivity contribution in [1.29, 1.82) is 0 Å². The van der Waals surface area contributed by atoms with E-state index < -0.39 is 0 Å². The van der Waals surface area contributed by atoms with Crippen molar-refractivity contribution in [3.05, 3.63) is 24.0 Å². The number of benzene rings is 1. The highest BCUT2D eigenvalue weighted by Crippen LogP contribution is 2.32. The summed E-state index contributed by atoms with van der Waals surface area (Å²) in [6.07, 6.45) is 0. The molecule has 5 nitrogen and oxygen atoms in total. The molecule has 0 amide bonds. The maximum absolute atomic E-state index is 5.88. The van der Waals surface area contributed by atoms with Crippen molar-refractivity contribution in [2.45, 2.75) is 12.3 Å². The molecule has 1 atom stereocenters. The van der Waals surface area contributed by atoms with Crippen molar-refractivity contribution < 1.29 is 14.0 Å². The molecule has 1 heterocycles. The van der Waals surface area contributed by atoms with Crippen LogP contribution >= 0.6 is 11.6 Å². The van der Waals surface area contributed by atoms with Crippen LogP contribution in [0.3, 0.4) is 0 Å². The predicted octanol–water partition coefficient (Wildman–Crippen LogP) is 3.05. The molecule has 0 aliphatic carbocycles. The van der Waals surface area contributed by atoms with Crippen molar-refractivity contribution in [2.24, 2.45) is 0 Å². The number of hydrogen-bond donors (Lipinski definition) is 0. The maximum atomic E-state index is 5.88. The third kappa shape index (κ3) is 2.41. The fourth-order valence-electron chi connectivity index (χ4n) is 1.48. The number of halogens is 1. The highest BCUT2D eigenvalue weighted by Gasteiger charge is 2.14. The number of aromatic nitrogens is 2. The maximum Gasteiger partial charge on any atom is 0.258 e. The first-order chi connectivity index (χ1) is 8.65. The summed E-state index contributed by atoms with van der Waals surface area (Å²) in [4.78, 5) is 4.20. The molecule has 0 bridgehead atoms. The van der Waals surface area contributed by atoms with E-state index in [0.29, 0.717) is 23.2 Å². The molecule has 0 fully saturated rings. The van der Waals surface area contributed by atoms with E-state index in [0.717, 1.165) is 5.56 Å². The Kier molecular flexibility index (Phi) is 3.72. The molecule has 2 aromatic rings. The summed E-state index contributed by atoms with van der Waals surface area (Å²) < 4.78 is 15.5. The summed E-state index contributed by atoms with van der Waals surface area (Å²) in [5.74, 6) is 2.11. The summed E-state index contributed by atoms with van der Waals surface area (Å²) in [5.41, 5.74) is 0.753. The Morgan fingerprint density at radius 1 is 1.22 bits per heavy atom. The van der Waals surface area contributed by atoms with Crippen molar-refractivity contribution in [1.82, 2.24) is 10.1 Å². The molecule has 0 aliphatic rings. The van der Waals surface area contributed by atoms with E-state index in [1.165, 1.54) is 0 Å². The van der Waals surface area contributed by atoms with Gasteiger partial charge in [-0.15, -0.1) is 11.6 Å². The zero-order chi connectivity index (χ0) is 13.1. The second-order valence-corrected chi connectivity index (χ2v) is 4.30. The topological polar surface area (TPSA) is 57.4 Å². The van der Waals surface area contributed by atoms with Crippen LogP contribution in [-0.4, -0.2) is 24.4 Å². The number of hydrogen-bond acceptors (Lipinski definition) is 5. The molecule has 96 valence electrons. The summed E-state index contributed by atoms with van der Waals surface area (Å²) in [6.45, 7) is 1.78. The molecule has 1 aromatic heterocycles. The van der Waals surface area contributed by atoms with Gasteiger partial charge in [-0.3, -0.25) is 0 Å².